The molecule has 8 nitrogen and oxygen atoms in total. The number of nitrogens with zero attached hydrogens (tertiary/aromatic N) is 3. The van der Waals surface area contributed by atoms with Crippen molar-refractivity contribution in [3.63, 3.8) is 0 Å². The Kier molecular flexibility index (Phi) is 6.74. The smallest absolute Gasteiger partial charge is 0.331 e. The fraction of sp³-hybridized carbons (Fsp3) is 0.238. The number of rotatable bonds is 6. The first-order valence-corrected chi connectivity index (χ1v) is 9.31. The Morgan fingerprint density at radius 2 is 1.73 bits per heavy atom. The van der Waals surface area contributed by atoms with Gasteiger partial charge in [-0.1, -0.05) is 24.3 Å². The van der Waals surface area contributed by atoms with Gasteiger partial charge in [-0.3, -0.25) is 14.9 Å². The van der Waals surface area contributed by atoms with Crippen molar-refractivity contribution in [2.24, 2.45) is 0 Å². The SMILES string of the molecule is O=C(/C=C/c1ccccc1[N+](=O)[O-])OCC(=O)N1CCN(c2ccccc2F)CC1. The molecule has 0 N–H and O–H groups in total. The first-order chi connectivity index (χ1) is 14.5. The second-order valence-corrected chi connectivity index (χ2v) is 6.58. The lowest BCUT2D eigenvalue weighted by molar-refractivity contribution is -0.385. The molecule has 0 aromatic heterocycles. The van der Waals surface area contributed by atoms with Crippen molar-refractivity contribution < 1.29 is 23.6 Å². The summed E-state index contributed by atoms with van der Waals surface area (Å²) in [6, 6.07) is 12.4. The lowest BCUT2D eigenvalue weighted by atomic mass is 10.1. The van der Waals surface area contributed by atoms with Crippen LogP contribution in [0.1, 0.15) is 5.56 Å². The highest BCUT2D eigenvalue weighted by molar-refractivity contribution is 5.90. The van der Waals surface area contributed by atoms with Gasteiger partial charge in [0.25, 0.3) is 11.6 Å². The Balaban J connectivity index is 1.48. The van der Waals surface area contributed by atoms with Crippen molar-refractivity contribution in [3.05, 3.63) is 76.1 Å². The molecule has 0 bridgehead atoms. The molecule has 2 aromatic carbocycles. The summed E-state index contributed by atoms with van der Waals surface area (Å²) in [7, 11) is 0. The Morgan fingerprint density at radius 1 is 1.07 bits per heavy atom. The highest BCUT2D eigenvalue weighted by Crippen LogP contribution is 2.20. The highest BCUT2D eigenvalue weighted by atomic mass is 19.1. The lowest BCUT2D eigenvalue weighted by Crippen LogP contribution is -2.50. The average Bonchev–Trinajstić information content (AvgIpc) is 2.76. The van der Waals surface area contributed by atoms with Crippen molar-refractivity contribution in [1.29, 1.82) is 0 Å². The number of para-hydroxylation sites is 2. The minimum absolute atomic E-state index is 0.134. The molecule has 1 fully saturated rings. The number of piperazine rings is 1. The predicted octanol–water partition coefficient (Wildman–Crippen LogP) is 2.64. The molecule has 1 amide bonds. The van der Waals surface area contributed by atoms with E-state index in [1.807, 2.05) is 4.90 Å². The molecule has 3 rings (SSSR count). The molecular formula is C21H20FN3O5. The number of hydrogen-bond donors (Lipinski definition) is 0. The molecular weight excluding hydrogens is 393 g/mol. The van der Waals surface area contributed by atoms with Crippen molar-refractivity contribution in [1.82, 2.24) is 4.90 Å². The quantitative estimate of drug-likeness (QED) is 0.313. The van der Waals surface area contributed by atoms with Gasteiger partial charge < -0.3 is 14.5 Å². The van der Waals surface area contributed by atoms with Gasteiger partial charge in [0, 0.05) is 38.3 Å². The Morgan fingerprint density at radius 3 is 2.43 bits per heavy atom. The van der Waals surface area contributed by atoms with Gasteiger partial charge in [-0.2, -0.15) is 0 Å². The topological polar surface area (TPSA) is 93.0 Å². The zero-order chi connectivity index (χ0) is 21.5. The normalized spacial score (nSPS) is 14.0. The van der Waals surface area contributed by atoms with Crippen LogP contribution in [0.4, 0.5) is 15.8 Å². The second kappa shape index (κ2) is 9.64. The van der Waals surface area contributed by atoms with Crippen LogP contribution < -0.4 is 4.90 Å². The van der Waals surface area contributed by atoms with Gasteiger partial charge in [-0.25, -0.2) is 9.18 Å². The Bertz CT molecular complexity index is 971. The minimum Gasteiger partial charge on any atom is -0.452 e. The van der Waals surface area contributed by atoms with E-state index in [9.17, 15) is 24.1 Å². The van der Waals surface area contributed by atoms with Gasteiger partial charge in [0.2, 0.25) is 0 Å². The van der Waals surface area contributed by atoms with Crippen molar-refractivity contribution >= 4 is 29.3 Å². The van der Waals surface area contributed by atoms with E-state index < -0.39 is 17.5 Å². The number of anilines is 1. The van der Waals surface area contributed by atoms with Crippen molar-refractivity contribution in [2.75, 3.05) is 37.7 Å². The lowest BCUT2D eigenvalue weighted by Gasteiger charge is -2.36. The van der Waals surface area contributed by atoms with E-state index in [0.29, 0.717) is 31.9 Å². The number of hydrogen-bond acceptors (Lipinski definition) is 6. The zero-order valence-electron chi connectivity index (χ0n) is 16.1. The molecule has 1 heterocycles. The van der Waals surface area contributed by atoms with E-state index in [1.165, 1.54) is 30.3 Å². The van der Waals surface area contributed by atoms with Gasteiger partial charge in [-0.05, 0) is 24.3 Å². The number of benzene rings is 2. The Hall–Kier alpha value is -3.75. The van der Waals surface area contributed by atoms with Crippen molar-refractivity contribution in [3.8, 4) is 0 Å². The standard InChI is InChI=1S/C21H20FN3O5/c22-17-6-2-4-8-19(17)23-11-13-24(14-12-23)20(26)15-30-21(27)10-9-16-5-1-3-7-18(16)25(28)29/h1-10H,11-15H2/b10-9+. The number of amides is 1. The molecule has 0 atom stereocenters. The van der Waals surface area contributed by atoms with E-state index in [-0.39, 0.29) is 23.0 Å². The zero-order valence-corrected chi connectivity index (χ0v) is 16.1. The summed E-state index contributed by atoms with van der Waals surface area (Å²) in [5.74, 6) is -1.43. The first kappa shape index (κ1) is 21.0. The third kappa shape index (κ3) is 5.19. The van der Waals surface area contributed by atoms with E-state index in [2.05, 4.69) is 0 Å². The van der Waals surface area contributed by atoms with Crippen LogP contribution in [0.25, 0.3) is 6.08 Å². The monoisotopic (exact) mass is 413 g/mol. The summed E-state index contributed by atoms with van der Waals surface area (Å²) in [5, 5.41) is 11.0. The number of esters is 1. The summed E-state index contributed by atoms with van der Waals surface area (Å²) < 4.78 is 18.8. The molecule has 1 saturated heterocycles. The van der Waals surface area contributed by atoms with E-state index >= 15 is 0 Å². The average molecular weight is 413 g/mol. The maximum atomic E-state index is 13.9. The van der Waals surface area contributed by atoms with E-state index in [1.54, 1.807) is 29.2 Å². The third-order valence-corrected chi connectivity index (χ3v) is 4.70. The minimum atomic E-state index is -0.772. The molecule has 0 radical (unpaired) electrons. The fourth-order valence-corrected chi connectivity index (χ4v) is 3.13. The van der Waals surface area contributed by atoms with Gasteiger partial charge in [0.05, 0.1) is 16.2 Å². The molecule has 156 valence electrons. The number of ether oxygens (including phenoxy) is 1. The van der Waals surface area contributed by atoms with Crippen LogP contribution in [-0.2, 0) is 14.3 Å². The van der Waals surface area contributed by atoms with Crippen LogP contribution >= 0.6 is 0 Å². The van der Waals surface area contributed by atoms with Crippen LogP contribution in [0, 0.1) is 15.9 Å². The van der Waals surface area contributed by atoms with E-state index in [4.69, 9.17) is 4.74 Å². The fourth-order valence-electron chi connectivity index (χ4n) is 3.13. The maximum absolute atomic E-state index is 13.9. The summed E-state index contributed by atoms with van der Waals surface area (Å²) >= 11 is 0. The van der Waals surface area contributed by atoms with Crippen molar-refractivity contribution in [2.45, 2.75) is 0 Å². The molecule has 30 heavy (non-hydrogen) atoms. The first-order valence-electron chi connectivity index (χ1n) is 9.31. The third-order valence-electron chi connectivity index (χ3n) is 4.70. The molecule has 2 aromatic rings. The molecule has 0 spiro atoms. The summed E-state index contributed by atoms with van der Waals surface area (Å²) in [6.07, 6.45) is 2.32. The molecule has 0 aliphatic carbocycles. The molecule has 1 aliphatic rings. The summed E-state index contributed by atoms with van der Waals surface area (Å²) in [6.45, 7) is 1.28. The molecule has 0 unspecified atom stereocenters. The van der Waals surface area contributed by atoms with E-state index in [0.717, 1.165) is 6.08 Å². The second-order valence-electron chi connectivity index (χ2n) is 6.58. The molecule has 0 saturated carbocycles. The number of carbonyl (C=O) groups excluding carboxylic acids is 2. The van der Waals surface area contributed by atoms with Gasteiger partial charge in [-0.15, -0.1) is 0 Å². The summed E-state index contributed by atoms with van der Waals surface area (Å²) in [5.41, 5.74) is 0.622. The number of carbonyl (C=O) groups is 2. The molecule has 1 aliphatic heterocycles. The largest absolute Gasteiger partial charge is 0.452 e. The van der Waals surface area contributed by atoms with Crippen LogP contribution in [-0.4, -0.2) is 54.5 Å². The van der Waals surface area contributed by atoms with Gasteiger partial charge >= 0.3 is 5.97 Å². The van der Waals surface area contributed by atoms with Crippen LogP contribution in [0.2, 0.25) is 0 Å². The Labute approximate surface area is 172 Å². The number of nitro groups is 1. The number of halogens is 1. The van der Waals surface area contributed by atoms with Gasteiger partial charge in [0.15, 0.2) is 6.61 Å². The number of nitro benzene ring substituents is 1. The predicted molar refractivity (Wildman–Crippen MR) is 108 cm³/mol. The maximum Gasteiger partial charge on any atom is 0.331 e. The van der Waals surface area contributed by atoms with Gasteiger partial charge in [0.1, 0.15) is 5.82 Å². The highest BCUT2D eigenvalue weighted by Gasteiger charge is 2.23. The van der Waals surface area contributed by atoms with Crippen LogP contribution in [0.5, 0.6) is 0 Å². The molecule has 9 heteroatoms. The summed E-state index contributed by atoms with van der Waals surface area (Å²) in [4.78, 5) is 38.0. The van der Waals surface area contributed by atoms with Crippen LogP contribution in [0.3, 0.4) is 0 Å². The van der Waals surface area contributed by atoms with Crippen LogP contribution in [0.15, 0.2) is 54.6 Å².